The molecule has 0 saturated carbocycles. The van der Waals surface area contributed by atoms with E-state index in [4.69, 9.17) is 4.98 Å². The molecule has 0 aliphatic carbocycles. The summed E-state index contributed by atoms with van der Waals surface area (Å²) in [6, 6.07) is 33.2. The van der Waals surface area contributed by atoms with Crippen molar-refractivity contribution in [3.8, 4) is 0 Å². The minimum Gasteiger partial charge on any atom is -0.356 e. The number of halogens is 1. The second-order valence-corrected chi connectivity index (χ2v) is 14.1. The van der Waals surface area contributed by atoms with Crippen LogP contribution in [0.2, 0.25) is 0 Å². The van der Waals surface area contributed by atoms with Gasteiger partial charge in [-0.1, -0.05) is 72.8 Å². The van der Waals surface area contributed by atoms with Crippen LogP contribution >= 0.6 is 22.6 Å². The number of pyridine rings is 1. The highest BCUT2D eigenvalue weighted by atomic mass is 127. The molecule has 3 aliphatic rings. The van der Waals surface area contributed by atoms with E-state index in [0.29, 0.717) is 0 Å². The SMILES string of the molecule is CN1C=CN(c2ccccc2CCc2cccc3ccc4cccnc4c23)C1(I)C1C[C@@]2(C)N(C)C=CN2c2ccccc21. The van der Waals surface area contributed by atoms with Crippen LogP contribution in [0, 0.1) is 0 Å². The molecular formula is C38H36IN5. The van der Waals surface area contributed by atoms with Crippen molar-refractivity contribution in [2.75, 3.05) is 23.9 Å². The molecular weight excluding hydrogens is 653 g/mol. The Morgan fingerprint density at radius 1 is 0.705 bits per heavy atom. The summed E-state index contributed by atoms with van der Waals surface area (Å²) < 4.78 is -0.317. The van der Waals surface area contributed by atoms with Crippen molar-refractivity contribution in [3.05, 3.63) is 139 Å². The molecule has 3 aliphatic heterocycles. The topological polar surface area (TPSA) is 25.9 Å². The summed E-state index contributed by atoms with van der Waals surface area (Å²) in [5, 5.41) is 3.72. The van der Waals surface area contributed by atoms with Crippen molar-refractivity contribution in [3.63, 3.8) is 0 Å². The summed E-state index contributed by atoms with van der Waals surface area (Å²) in [6.45, 7) is 2.37. The van der Waals surface area contributed by atoms with Gasteiger partial charge >= 0.3 is 0 Å². The lowest BCUT2D eigenvalue weighted by molar-refractivity contribution is 0.155. The Labute approximate surface area is 273 Å². The summed E-state index contributed by atoms with van der Waals surface area (Å²) in [5.74, 6) is 0.256. The van der Waals surface area contributed by atoms with Gasteiger partial charge in [-0.15, -0.1) is 0 Å². The number of hydrogen-bond acceptors (Lipinski definition) is 5. The van der Waals surface area contributed by atoms with E-state index >= 15 is 0 Å². The number of hydrogen-bond donors (Lipinski definition) is 0. The van der Waals surface area contributed by atoms with Gasteiger partial charge in [-0.05, 0) is 82.6 Å². The van der Waals surface area contributed by atoms with Crippen molar-refractivity contribution in [1.29, 1.82) is 0 Å². The Hall–Kier alpha value is -4.04. The molecule has 44 heavy (non-hydrogen) atoms. The fraction of sp³-hybridized carbons (Fsp3) is 0.237. The molecule has 8 rings (SSSR count). The minimum atomic E-state index is -0.317. The lowest BCUT2D eigenvalue weighted by Gasteiger charge is -2.54. The van der Waals surface area contributed by atoms with Crippen LogP contribution in [0.25, 0.3) is 21.7 Å². The van der Waals surface area contributed by atoms with Crippen LogP contribution in [-0.2, 0) is 12.8 Å². The first-order chi connectivity index (χ1) is 21.4. The summed E-state index contributed by atoms with van der Waals surface area (Å²) >= 11 is 2.74. The molecule has 0 bridgehead atoms. The van der Waals surface area contributed by atoms with Gasteiger partial charge in [0.2, 0.25) is 0 Å². The third kappa shape index (κ3) is 3.99. The molecule has 3 atom stereocenters. The molecule has 0 amide bonds. The maximum Gasteiger partial charge on any atom is 0.176 e. The summed E-state index contributed by atoms with van der Waals surface area (Å²) in [6.07, 6.45) is 13.8. The number of anilines is 2. The zero-order valence-electron chi connectivity index (χ0n) is 25.4. The van der Waals surface area contributed by atoms with Crippen molar-refractivity contribution in [2.45, 2.75) is 41.4 Å². The number of nitrogens with zero attached hydrogens (tertiary/aromatic N) is 5. The first-order valence-corrected chi connectivity index (χ1v) is 16.5. The fourth-order valence-corrected chi connectivity index (χ4v) is 8.83. The van der Waals surface area contributed by atoms with Gasteiger partial charge in [0.1, 0.15) is 5.66 Å². The van der Waals surface area contributed by atoms with Crippen LogP contribution in [0.15, 0.2) is 122 Å². The lowest BCUT2D eigenvalue weighted by Crippen LogP contribution is -2.60. The summed E-state index contributed by atoms with van der Waals surface area (Å²) in [7, 11) is 4.44. The Balaban J connectivity index is 1.18. The predicted molar refractivity (Wildman–Crippen MR) is 191 cm³/mol. The number of aryl methyl sites for hydroxylation is 2. The van der Waals surface area contributed by atoms with Gasteiger partial charge in [-0.25, -0.2) is 0 Å². The average molecular weight is 690 g/mol. The minimum absolute atomic E-state index is 0.128. The van der Waals surface area contributed by atoms with Gasteiger partial charge in [0, 0.05) is 79.6 Å². The molecule has 5 aromatic rings. The van der Waals surface area contributed by atoms with Crippen molar-refractivity contribution >= 4 is 55.6 Å². The predicted octanol–water partition coefficient (Wildman–Crippen LogP) is 8.61. The second kappa shape index (κ2) is 10.3. The third-order valence-electron chi connectivity index (χ3n) is 10.2. The van der Waals surface area contributed by atoms with Gasteiger partial charge in [0.25, 0.3) is 0 Å². The lowest BCUT2D eigenvalue weighted by atomic mass is 9.80. The van der Waals surface area contributed by atoms with Crippen LogP contribution in [0.4, 0.5) is 11.4 Å². The van der Waals surface area contributed by atoms with Crippen LogP contribution in [0.3, 0.4) is 0 Å². The Morgan fingerprint density at radius 3 is 2.27 bits per heavy atom. The number of benzene rings is 4. The largest absolute Gasteiger partial charge is 0.356 e. The number of alkyl halides is 1. The fourth-order valence-electron chi connectivity index (χ4n) is 7.70. The number of likely N-dealkylation sites (N-methyl/N-ethyl adjacent to an activating group) is 1. The number of fused-ring (bicyclic) bond motifs is 6. The number of para-hydroxylation sites is 2. The molecule has 1 aromatic heterocycles. The van der Waals surface area contributed by atoms with Crippen molar-refractivity contribution < 1.29 is 0 Å². The van der Waals surface area contributed by atoms with E-state index in [1.54, 1.807) is 0 Å². The molecule has 0 N–H and O–H groups in total. The molecule has 220 valence electrons. The van der Waals surface area contributed by atoms with E-state index in [0.717, 1.165) is 24.8 Å². The van der Waals surface area contributed by atoms with E-state index < -0.39 is 0 Å². The average Bonchev–Trinajstić information content (AvgIpc) is 3.53. The van der Waals surface area contributed by atoms with Gasteiger partial charge in [-0.2, -0.15) is 0 Å². The molecule has 4 aromatic carbocycles. The van der Waals surface area contributed by atoms with Crippen LogP contribution in [0.5, 0.6) is 0 Å². The highest BCUT2D eigenvalue weighted by molar-refractivity contribution is 14.1. The van der Waals surface area contributed by atoms with Gasteiger partial charge in [0.05, 0.1) is 5.52 Å². The van der Waals surface area contributed by atoms with E-state index in [-0.39, 0.29) is 15.3 Å². The highest BCUT2D eigenvalue weighted by Gasteiger charge is 2.55. The molecule has 0 radical (unpaired) electrons. The number of aromatic nitrogens is 1. The van der Waals surface area contributed by atoms with Gasteiger partial charge in [-0.3, -0.25) is 4.98 Å². The molecule has 0 fully saturated rings. The first kappa shape index (κ1) is 27.5. The van der Waals surface area contributed by atoms with Crippen LogP contribution < -0.4 is 9.80 Å². The first-order valence-electron chi connectivity index (χ1n) is 15.4. The molecule has 5 nitrogen and oxygen atoms in total. The standard InChI is InChI=1S/C38H36IN5/c1-37-26-32(31-14-5-7-16-34(31)43(37)24-22-41(37)2)38(39)42(3)23-25-44(38)33-15-6-4-10-27(33)17-18-28-11-8-12-29-19-20-30-13-9-21-40-36(30)35(28)29/h4-16,19-25,32H,17-18,26H2,1-3H3/t32?,37-,38?/m0/s1. The van der Waals surface area contributed by atoms with E-state index in [2.05, 4.69) is 173 Å². The zero-order chi connectivity index (χ0) is 30.1. The van der Waals surface area contributed by atoms with Crippen molar-refractivity contribution in [1.82, 2.24) is 14.8 Å². The summed E-state index contributed by atoms with van der Waals surface area (Å²) in [5.41, 5.74) is 7.64. The van der Waals surface area contributed by atoms with E-state index in [1.807, 2.05) is 12.3 Å². The Bertz CT molecular complexity index is 1970. The van der Waals surface area contributed by atoms with Crippen molar-refractivity contribution in [2.24, 2.45) is 0 Å². The third-order valence-corrected chi connectivity index (χ3v) is 12.2. The molecule has 2 unspecified atom stereocenters. The Kier molecular flexibility index (Phi) is 6.42. The number of rotatable bonds is 5. The monoisotopic (exact) mass is 689 g/mol. The van der Waals surface area contributed by atoms with Crippen LogP contribution in [0.1, 0.15) is 36.0 Å². The maximum absolute atomic E-state index is 4.80. The molecule has 0 saturated heterocycles. The van der Waals surface area contributed by atoms with E-state index in [1.165, 1.54) is 44.2 Å². The normalized spacial score (nSPS) is 24.0. The smallest absolute Gasteiger partial charge is 0.176 e. The van der Waals surface area contributed by atoms with E-state index in [9.17, 15) is 0 Å². The Morgan fingerprint density at radius 2 is 1.39 bits per heavy atom. The molecule has 4 heterocycles. The van der Waals surface area contributed by atoms with Gasteiger partial charge < -0.3 is 19.6 Å². The maximum atomic E-state index is 4.80. The quantitative estimate of drug-likeness (QED) is 0.0798. The van der Waals surface area contributed by atoms with Gasteiger partial charge in [0.15, 0.2) is 3.67 Å². The second-order valence-electron chi connectivity index (χ2n) is 12.5. The van der Waals surface area contributed by atoms with Crippen LogP contribution in [-0.4, -0.2) is 38.2 Å². The zero-order valence-corrected chi connectivity index (χ0v) is 27.5. The summed E-state index contributed by atoms with van der Waals surface area (Å²) in [4.78, 5) is 14.6. The highest BCUT2D eigenvalue weighted by Crippen LogP contribution is 2.57. The molecule has 6 heteroatoms. The molecule has 0 spiro atoms.